The van der Waals surface area contributed by atoms with E-state index in [1.54, 1.807) is 24.3 Å². The van der Waals surface area contributed by atoms with Gasteiger partial charge in [0, 0.05) is 24.7 Å². The Labute approximate surface area is 243 Å². The minimum atomic E-state index is -0.911. The highest BCUT2D eigenvalue weighted by Crippen LogP contribution is 2.42. The van der Waals surface area contributed by atoms with Crippen molar-refractivity contribution in [1.29, 1.82) is 0 Å². The van der Waals surface area contributed by atoms with Crippen LogP contribution in [0, 0.1) is 0 Å². The SMILES string of the molecule is COc1cccc(OC)c1-c1cc(C(=O)Nc2nnc(-n3nccc3N)s2)oc(=O)c1OC[C@@H](CO)N1CCOCC1. The molecule has 0 unspecified atom stereocenters. The van der Waals surface area contributed by atoms with Crippen molar-refractivity contribution in [3.05, 3.63) is 52.7 Å². The van der Waals surface area contributed by atoms with Crippen molar-refractivity contribution in [1.82, 2.24) is 24.9 Å². The number of nitrogens with zero attached hydrogens (tertiary/aromatic N) is 5. The molecule has 1 amide bonds. The second kappa shape index (κ2) is 13.0. The molecule has 1 saturated heterocycles. The van der Waals surface area contributed by atoms with E-state index in [4.69, 9.17) is 29.1 Å². The number of amides is 1. The summed E-state index contributed by atoms with van der Waals surface area (Å²) in [6.07, 6.45) is 1.50. The number of aliphatic hydroxyl groups is 1. The number of methoxy groups -OCH3 is 2. The third kappa shape index (κ3) is 6.06. The van der Waals surface area contributed by atoms with E-state index < -0.39 is 17.6 Å². The summed E-state index contributed by atoms with van der Waals surface area (Å²) in [5.74, 6) is -0.169. The first-order valence-corrected chi connectivity index (χ1v) is 13.6. The van der Waals surface area contributed by atoms with Crippen molar-refractivity contribution in [3.8, 4) is 33.5 Å². The zero-order valence-electron chi connectivity index (χ0n) is 22.8. The quantitative estimate of drug-likeness (QED) is 0.224. The molecule has 15 nitrogen and oxygen atoms in total. The van der Waals surface area contributed by atoms with Crippen LogP contribution in [-0.4, -0.2) is 95.7 Å². The third-order valence-corrected chi connectivity index (χ3v) is 7.32. The van der Waals surface area contributed by atoms with E-state index in [1.165, 1.54) is 31.2 Å². The number of nitrogens with two attached hydrogens (primary N) is 1. The molecule has 0 saturated carbocycles. The molecule has 1 aliphatic rings. The van der Waals surface area contributed by atoms with Gasteiger partial charge in [-0.25, -0.2) is 4.79 Å². The maximum Gasteiger partial charge on any atom is 0.379 e. The largest absolute Gasteiger partial charge is 0.496 e. The van der Waals surface area contributed by atoms with Crippen molar-refractivity contribution in [2.75, 3.05) is 64.8 Å². The van der Waals surface area contributed by atoms with Crippen LogP contribution >= 0.6 is 11.3 Å². The number of hydrogen-bond acceptors (Lipinski definition) is 14. The first-order chi connectivity index (χ1) is 20.4. The molecule has 222 valence electrons. The van der Waals surface area contributed by atoms with E-state index in [0.29, 0.717) is 54.3 Å². The molecule has 5 rings (SSSR count). The average Bonchev–Trinajstić information content (AvgIpc) is 3.66. The predicted octanol–water partition coefficient (Wildman–Crippen LogP) is 1.27. The predicted molar refractivity (Wildman–Crippen MR) is 152 cm³/mol. The number of carbonyl (C=O) groups is 1. The van der Waals surface area contributed by atoms with Gasteiger partial charge in [-0.3, -0.25) is 15.0 Å². The third-order valence-electron chi connectivity index (χ3n) is 6.51. The Bertz CT molecular complexity index is 1580. The lowest BCUT2D eigenvalue weighted by Crippen LogP contribution is -2.48. The highest BCUT2D eigenvalue weighted by Gasteiger charge is 2.27. The Morgan fingerprint density at radius 2 is 1.93 bits per heavy atom. The van der Waals surface area contributed by atoms with Gasteiger partial charge in [-0.1, -0.05) is 17.4 Å². The molecule has 0 radical (unpaired) electrons. The number of morpholine rings is 1. The average molecular weight is 600 g/mol. The van der Waals surface area contributed by atoms with Gasteiger partial charge in [0.2, 0.25) is 16.0 Å². The number of aromatic nitrogens is 4. The first kappa shape index (κ1) is 29.0. The van der Waals surface area contributed by atoms with E-state index >= 15 is 0 Å². The smallest absolute Gasteiger partial charge is 0.379 e. The van der Waals surface area contributed by atoms with E-state index in [2.05, 4.69) is 20.6 Å². The van der Waals surface area contributed by atoms with E-state index in [-0.39, 0.29) is 35.4 Å². The molecule has 1 atom stereocenters. The molecule has 1 aromatic carbocycles. The Kier molecular flexibility index (Phi) is 8.97. The number of aliphatic hydroxyl groups excluding tert-OH is 1. The Balaban J connectivity index is 1.49. The second-order valence-corrected chi connectivity index (χ2v) is 9.94. The van der Waals surface area contributed by atoms with Gasteiger partial charge in [0.25, 0.3) is 5.91 Å². The Hall–Kier alpha value is -4.51. The zero-order valence-corrected chi connectivity index (χ0v) is 23.6. The van der Waals surface area contributed by atoms with Crippen molar-refractivity contribution in [3.63, 3.8) is 0 Å². The summed E-state index contributed by atoms with van der Waals surface area (Å²) in [5, 5.41) is 25.1. The molecule has 1 aliphatic heterocycles. The van der Waals surface area contributed by atoms with Crippen LogP contribution < -0.4 is 30.9 Å². The van der Waals surface area contributed by atoms with Crippen LogP contribution in [0.5, 0.6) is 17.2 Å². The summed E-state index contributed by atoms with van der Waals surface area (Å²) >= 11 is 1.02. The number of rotatable bonds is 11. The summed E-state index contributed by atoms with van der Waals surface area (Å²) in [5.41, 5.74) is 5.53. The van der Waals surface area contributed by atoms with Gasteiger partial charge in [-0.05, 0) is 18.2 Å². The lowest BCUT2D eigenvalue weighted by molar-refractivity contribution is -0.00898. The van der Waals surface area contributed by atoms with Gasteiger partial charge in [0.15, 0.2) is 5.76 Å². The molecule has 16 heteroatoms. The molecule has 4 N–H and O–H groups in total. The van der Waals surface area contributed by atoms with Gasteiger partial charge in [0.05, 0.1) is 51.8 Å². The molecule has 42 heavy (non-hydrogen) atoms. The highest BCUT2D eigenvalue weighted by atomic mass is 32.1. The highest BCUT2D eigenvalue weighted by molar-refractivity contribution is 7.17. The summed E-state index contributed by atoms with van der Waals surface area (Å²) in [6, 6.07) is 7.64. The van der Waals surface area contributed by atoms with Gasteiger partial charge >= 0.3 is 5.63 Å². The minimum absolute atomic E-state index is 0.0264. The van der Waals surface area contributed by atoms with E-state index in [0.717, 1.165) is 11.3 Å². The van der Waals surface area contributed by atoms with Gasteiger partial charge < -0.3 is 34.2 Å². The van der Waals surface area contributed by atoms with Crippen LogP contribution in [-0.2, 0) is 4.74 Å². The van der Waals surface area contributed by atoms with Gasteiger partial charge in [-0.15, -0.1) is 10.2 Å². The van der Waals surface area contributed by atoms with E-state index in [1.807, 2.05) is 4.90 Å². The summed E-state index contributed by atoms with van der Waals surface area (Å²) in [4.78, 5) is 28.6. The molecule has 3 aromatic heterocycles. The molecular formula is C26H29N7O8S. The molecule has 0 aliphatic carbocycles. The number of ether oxygens (including phenoxy) is 4. The van der Waals surface area contributed by atoms with Crippen LogP contribution in [0.25, 0.3) is 16.3 Å². The number of nitrogen functional groups attached to an aromatic ring is 1. The fourth-order valence-corrected chi connectivity index (χ4v) is 5.13. The fourth-order valence-electron chi connectivity index (χ4n) is 4.41. The Morgan fingerprint density at radius 3 is 2.57 bits per heavy atom. The summed E-state index contributed by atoms with van der Waals surface area (Å²) in [7, 11) is 2.94. The van der Waals surface area contributed by atoms with Crippen molar-refractivity contribution in [2.45, 2.75) is 6.04 Å². The summed E-state index contributed by atoms with van der Waals surface area (Å²) < 4.78 is 29.3. The molecular weight excluding hydrogens is 570 g/mol. The fraction of sp³-hybridized carbons (Fsp3) is 0.346. The van der Waals surface area contributed by atoms with Crippen LogP contribution in [0.4, 0.5) is 10.9 Å². The Morgan fingerprint density at radius 1 is 1.19 bits per heavy atom. The summed E-state index contributed by atoms with van der Waals surface area (Å²) in [6.45, 7) is 2.04. The number of anilines is 2. The number of hydrogen-bond donors (Lipinski definition) is 3. The molecule has 4 heterocycles. The van der Waals surface area contributed by atoms with Crippen molar-refractivity contribution in [2.24, 2.45) is 0 Å². The molecule has 1 fully saturated rings. The maximum absolute atomic E-state index is 13.4. The number of benzene rings is 1. The second-order valence-electron chi connectivity index (χ2n) is 8.99. The minimum Gasteiger partial charge on any atom is -0.496 e. The maximum atomic E-state index is 13.4. The normalized spacial score (nSPS) is 14.4. The van der Waals surface area contributed by atoms with Gasteiger partial charge in [0.1, 0.15) is 23.9 Å². The van der Waals surface area contributed by atoms with Gasteiger partial charge in [-0.2, -0.15) is 9.78 Å². The lowest BCUT2D eigenvalue weighted by atomic mass is 10.0. The topological polar surface area (TPSA) is 189 Å². The molecule has 0 bridgehead atoms. The van der Waals surface area contributed by atoms with Crippen LogP contribution in [0.1, 0.15) is 10.6 Å². The van der Waals surface area contributed by atoms with Crippen LogP contribution in [0.3, 0.4) is 0 Å². The van der Waals surface area contributed by atoms with Crippen molar-refractivity contribution < 1.29 is 33.3 Å². The zero-order chi connectivity index (χ0) is 29.6. The number of carbonyl (C=O) groups excluding carboxylic acids is 1. The monoisotopic (exact) mass is 599 g/mol. The van der Waals surface area contributed by atoms with Crippen LogP contribution in [0.15, 0.2) is 45.7 Å². The molecule has 0 spiro atoms. The first-order valence-electron chi connectivity index (χ1n) is 12.8. The molecule has 4 aromatic rings. The van der Waals surface area contributed by atoms with Crippen molar-refractivity contribution >= 4 is 28.2 Å². The van der Waals surface area contributed by atoms with Crippen LogP contribution in [0.2, 0.25) is 0 Å². The van der Waals surface area contributed by atoms with E-state index in [9.17, 15) is 14.7 Å². The lowest BCUT2D eigenvalue weighted by Gasteiger charge is -2.33. The standard InChI is InChI=1S/C26H29N7O8S/c1-37-17-4-3-5-18(38-2)21(17)16-12-19(23(35)29-25-30-31-26(42-25)33-20(27)6-7-28-33)41-24(36)22(16)40-14-15(13-34)32-8-10-39-11-9-32/h3-7,12,15,34H,8-11,13-14,27H2,1-2H3,(H,29,30,35)/t15-/m1/s1. The number of nitrogens with one attached hydrogen (secondary N) is 1.